The number of hydrogen-bond donors (Lipinski definition) is 1. The molecule has 5 heteroatoms. The molecule has 21 heavy (non-hydrogen) atoms. The number of hydrogen-bond acceptors (Lipinski definition) is 2. The fourth-order valence-corrected chi connectivity index (χ4v) is 2.64. The van der Waals surface area contributed by atoms with Crippen molar-refractivity contribution in [2.75, 3.05) is 18.0 Å². The third-order valence-electron chi connectivity index (χ3n) is 3.52. The Hall–Kier alpha value is -1.91. The van der Waals surface area contributed by atoms with Gasteiger partial charge < -0.3 is 10.2 Å². The smallest absolute Gasteiger partial charge is 0.261 e. The molecule has 3 nitrogen and oxygen atoms in total. The molecule has 1 aliphatic rings. The topological polar surface area (TPSA) is 32.3 Å². The summed E-state index contributed by atoms with van der Waals surface area (Å²) < 4.78 is 14.0. The molecule has 1 amide bonds. The zero-order valence-electron chi connectivity index (χ0n) is 11.3. The first kappa shape index (κ1) is 14.0. The van der Waals surface area contributed by atoms with Gasteiger partial charge in [-0.1, -0.05) is 29.8 Å². The Labute approximate surface area is 127 Å². The molecular formula is C16H14ClFN2O. The van der Waals surface area contributed by atoms with Crippen molar-refractivity contribution < 1.29 is 9.18 Å². The Balaban J connectivity index is 2.01. The summed E-state index contributed by atoms with van der Waals surface area (Å²) in [6, 6.07) is 11.8. The molecule has 0 saturated carbocycles. The monoisotopic (exact) mass is 304 g/mol. The molecule has 0 unspecified atom stereocenters. The largest absolute Gasteiger partial charge is 0.311 e. The lowest BCUT2D eigenvalue weighted by atomic mass is 10.1. The van der Waals surface area contributed by atoms with E-state index in [2.05, 4.69) is 5.32 Å². The van der Waals surface area contributed by atoms with Crippen LogP contribution >= 0.6 is 11.6 Å². The molecule has 108 valence electrons. The molecule has 0 fully saturated rings. The number of para-hydroxylation sites is 1. The van der Waals surface area contributed by atoms with Crippen LogP contribution in [-0.2, 0) is 6.54 Å². The molecule has 0 aromatic heterocycles. The van der Waals surface area contributed by atoms with Crippen LogP contribution in [0.2, 0.25) is 5.02 Å². The van der Waals surface area contributed by atoms with Gasteiger partial charge in [0.25, 0.3) is 5.91 Å². The molecule has 0 atom stereocenters. The standard InChI is InChI=1S/C16H14ClFN2O/c17-12-5-6-13(14(18)9-12)16(21)20-8-7-19-10-11-3-1-2-4-15(11)20/h1-6,9,19H,7-8,10H2. The predicted octanol–water partition coefficient (Wildman–Crippen LogP) is 3.23. The number of rotatable bonds is 1. The lowest BCUT2D eigenvalue weighted by Gasteiger charge is -2.22. The third kappa shape index (κ3) is 2.77. The first-order chi connectivity index (χ1) is 10.2. The van der Waals surface area contributed by atoms with E-state index >= 15 is 0 Å². The average Bonchev–Trinajstić information content (AvgIpc) is 2.69. The minimum absolute atomic E-state index is 0.0381. The first-order valence-electron chi connectivity index (χ1n) is 6.72. The van der Waals surface area contributed by atoms with Gasteiger partial charge in [-0.2, -0.15) is 0 Å². The molecule has 0 radical (unpaired) electrons. The molecule has 1 aliphatic heterocycles. The maximum absolute atomic E-state index is 14.0. The molecule has 2 aromatic rings. The van der Waals surface area contributed by atoms with Crippen LogP contribution < -0.4 is 10.2 Å². The Kier molecular flexibility index (Phi) is 3.90. The maximum atomic E-state index is 14.0. The summed E-state index contributed by atoms with van der Waals surface area (Å²) in [5, 5.41) is 3.53. The van der Waals surface area contributed by atoms with Crippen LogP contribution in [0.25, 0.3) is 0 Å². The fourth-order valence-electron chi connectivity index (χ4n) is 2.48. The predicted molar refractivity (Wildman–Crippen MR) is 81.2 cm³/mol. The molecular weight excluding hydrogens is 291 g/mol. The Morgan fingerprint density at radius 2 is 2.05 bits per heavy atom. The second kappa shape index (κ2) is 5.84. The van der Waals surface area contributed by atoms with Crippen LogP contribution in [0.1, 0.15) is 15.9 Å². The Morgan fingerprint density at radius 1 is 1.24 bits per heavy atom. The number of halogens is 2. The molecule has 0 spiro atoms. The van der Waals surface area contributed by atoms with Gasteiger partial charge >= 0.3 is 0 Å². The van der Waals surface area contributed by atoms with Gasteiger partial charge in [0, 0.05) is 30.3 Å². The van der Waals surface area contributed by atoms with Gasteiger partial charge in [-0.15, -0.1) is 0 Å². The van der Waals surface area contributed by atoms with Gasteiger partial charge in [-0.05, 0) is 29.8 Å². The first-order valence-corrected chi connectivity index (χ1v) is 7.10. The number of carbonyl (C=O) groups is 1. The zero-order chi connectivity index (χ0) is 14.8. The van der Waals surface area contributed by atoms with Crippen molar-refractivity contribution in [1.29, 1.82) is 0 Å². The van der Waals surface area contributed by atoms with E-state index in [1.807, 2.05) is 24.3 Å². The minimum Gasteiger partial charge on any atom is -0.311 e. The van der Waals surface area contributed by atoms with Crippen LogP contribution in [0.4, 0.5) is 10.1 Å². The fraction of sp³-hybridized carbons (Fsp3) is 0.188. The molecule has 0 saturated heterocycles. The number of fused-ring (bicyclic) bond motifs is 1. The van der Waals surface area contributed by atoms with Crippen molar-refractivity contribution >= 4 is 23.2 Å². The van der Waals surface area contributed by atoms with E-state index in [4.69, 9.17) is 11.6 Å². The Morgan fingerprint density at radius 3 is 2.86 bits per heavy atom. The highest BCUT2D eigenvalue weighted by molar-refractivity contribution is 6.30. The van der Waals surface area contributed by atoms with Crippen LogP contribution in [0.3, 0.4) is 0 Å². The summed E-state index contributed by atoms with van der Waals surface area (Å²) in [5.74, 6) is -0.942. The number of nitrogens with one attached hydrogen (secondary N) is 1. The second-order valence-corrected chi connectivity index (χ2v) is 5.32. The summed E-state index contributed by atoms with van der Waals surface area (Å²) in [4.78, 5) is 14.3. The normalized spacial score (nSPS) is 14.5. The molecule has 0 bridgehead atoms. The van der Waals surface area contributed by atoms with Crippen molar-refractivity contribution in [1.82, 2.24) is 5.32 Å². The van der Waals surface area contributed by atoms with Gasteiger partial charge in [0.2, 0.25) is 0 Å². The Bertz CT molecular complexity index is 690. The number of amides is 1. The second-order valence-electron chi connectivity index (χ2n) is 4.89. The summed E-state index contributed by atoms with van der Waals surface area (Å²) in [5.41, 5.74) is 1.88. The van der Waals surface area contributed by atoms with Crippen molar-refractivity contribution in [3.05, 3.63) is 64.4 Å². The number of benzene rings is 2. The highest BCUT2D eigenvalue weighted by Gasteiger charge is 2.24. The number of nitrogens with zero attached hydrogens (tertiary/aromatic N) is 1. The van der Waals surface area contributed by atoms with Crippen molar-refractivity contribution in [3.8, 4) is 0 Å². The lowest BCUT2D eigenvalue weighted by molar-refractivity contribution is 0.0983. The number of anilines is 1. The van der Waals surface area contributed by atoms with E-state index in [0.717, 1.165) is 17.3 Å². The van der Waals surface area contributed by atoms with Crippen LogP contribution in [0.5, 0.6) is 0 Å². The summed E-state index contributed by atoms with van der Waals surface area (Å²) in [6.45, 7) is 1.86. The van der Waals surface area contributed by atoms with Gasteiger partial charge in [0.1, 0.15) is 5.82 Å². The quantitative estimate of drug-likeness (QED) is 0.877. The SMILES string of the molecule is O=C(c1ccc(Cl)cc1F)N1CCNCc2ccccc21. The molecule has 3 rings (SSSR count). The zero-order valence-corrected chi connectivity index (χ0v) is 12.0. The summed E-state index contributed by atoms with van der Waals surface area (Å²) >= 11 is 5.74. The maximum Gasteiger partial charge on any atom is 0.261 e. The van der Waals surface area contributed by atoms with E-state index in [0.29, 0.717) is 19.6 Å². The summed E-state index contributed by atoms with van der Waals surface area (Å²) in [7, 11) is 0. The van der Waals surface area contributed by atoms with E-state index in [9.17, 15) is 9.18 Å². The van der Waals surface area contributed by atoms with Gasteiger partial charge in [-0.3, -0.25) is 4.79 Å². The van der Waals surface area contributed by atoms with Crippen molar-refractivity contribution in [2.24, 2.45) is 0 Å². The van der Waals surface area contributed by atoms with E-state index in [1.165, 1.54) is 12.1 Å². The van der Waals surface area contributed by atoms with Crippen LogP contribution in [0, 0.1) is 5.82 Å². The van der Waals surface area contributed by atoms with Crippen molar-refractivity contribution in [3.63, 3.8) is 0 Å². The van der Waals surface area contributed by atoms with Gasteiger partial charge in [0.15, 0.2) is 0 Å². The highest BCUT2D eigenvalue weighted by atomic mass is 35.5. The van der Waals surface area contributed by atoms with E-state index < -0.39 is 5.82 Å². The number of carbonyl (C=O) groups excluding carboxylic acids is 1. The van der Waals surface area contributed by atoms with E-state index in [-0.39, 0.29) is 16.5 Å². The van der Waals surface area contributed by atoms with Gasteiger partial charge in [-0.25, -0.2) is 4.39 Å². The molecule has 0 aliphatic carbocycles. The van der Waals surface area contributed by atoms with Crippen molar-refractivity contribution in [2.45, 2.75) is 6.54 Å². The average molecular weight is 305 g/mol. The molecule has 1 heterocycles. The lowest BCUT2D eigenvalue weighted by Crippen LogP contribution is -2.35. The molecule has 2 aromatic carbocycles. The van der Waals surface area contributed by atoms with Crippen LogP contribution in [0.15, 0.2) is 42.5 Å². The molecule has 1 N–H and O–H groups in total. The summed E-state index contributed by atoms with van der Waals surface area (Å²) in [6.07, 6.45) is 0. The third-order valence-corrected chi connectivity index (χ3v) is 3.75. The minimum atomic E-state index is -0.595. The van der Waals surface area contributed by atoms with E-state index in [1.54, 1.807) is 4.90 Å². The van der Waals surface area contributed by atoms with Gasteiger partial charge in [0.05, 0.1) is 5.56 Å². The van der Waals surface area contributed by atoms with Crippen LogP contribution in [-0.4, -0.2) is 19.0 Å². The highest BCUT2D eigenvalue weighted by Crippen LogP contribution is 2.25.